The Hall–Kier alpha value is -1.23. The number of carbonyl (C=O) groups is 1. The molecule has 0 unspecified atom stereocenters. The van der Waals surface area contributed by atoms with Crippen molar-refractivity contribution in [1.82, 2.24) is 0 Å². The van der Waals surface area contributed by atoms with Crippen LogP contribution < -0.4 is 0 Å². The molecule has 3 rings (SSSR count). The zero-order chi connectivity index (χ0) is 13.9. The Kier molecular flexibility index (Phi) is 3.87. The molecule has 1 heterocycles. The van der Waals surface area contributed by atoms with Crippen molar-refractivity contribution >= 4 is 6.29 Å². The minimum absolute atomic E-state index is 0.456. The molecule has 1 saturated carbocycles. The molecule has 0 atom stereocenters. The van der Waals surface area contributed by atoms with Gasteiger partial charge in [0.1, 0.15) is 5.60 Å². The van der Waals surface area contributed by atoms with E-state index >= 15 is 0 Å². The molecule has 1 spiro atoms. The molecule has 0 bridgehead atoms. The lowest BCUT2D eigenvalue weighted by atomic mass is 9.82. The van der Waals surface area contributed by atoms with E-state index in [1.54, 1.807) is 0 Å². The van der Waals surface area contributed by atoms with E-state index in [1.807, 2.05) is 30.3 Å². The molecule has 2 aliphatic rings. The topological polar surface area (TPSA) is 44.8 Å². The lowest BCUT2D eigenvalue weighted by Crippen LogP contribution is -2.46. The lowest BCUT2D eigenvalue weighted by molar-refractivity contribution is -0.208. The fourth-order valence-corrected chi connectivity index (χ4v) is 2.94. The van der Waals surface area contributed by atoms with Gasteiger partial charge in [0.2, 0.25) is 0 Å². The van der Waals surface area contributed by atoms with Crippen molar-refractivity contribution in [2.24, 2.45) is 0 Å². The van der Waals surface area contributed by atoms with Crippen molar-refractivity contribution in [3.63, 3.8) is 0 Å². The maximum Gasteiger partial charge on any atom is 0.168 e. The molecule has 4 nitrogen and oxygen atoms in total. The van der Waals surface area contributed by atoms with Crippen LogP contribution in [0.4, 0.5) is 0 Å². The van der Waals surface area contributed by atoms with E-state index < -0.39 is 11.4 Å². The molecule has 2 fully saturated rings. The van der Waals surface area contributed by atoms with Crippen LogP contribution in [0.15, 0.2) is 30.3 Å². The molecular weight excluding hydrogens is 256 g/mol. The number of hydrogen-bond acceptors (Lipinski definition) is 4. The maximum absolute atomic E-state index is 11.5. The van der Waals surface area contributed by atoms with Gasteiger partial charge in [-0.3, -0.25) is 0 Å². The largest absolute Gasteiger partial charge is 0.363 e. The van der Waals surface area contributed by atoms with Gasteiger partial charge in [0, 0.05) is 12.8 Å². The molecule has 0 radical (unpaired) electrons. The first kappa shape index (κ1) is 13.7. The third-order valence-electron chi connectivity index (χ3n) is 4.26. The van der Waals surface area contributed by atoms with Crippen LogP contribution in [-0.4, -0.2) is 30.9 Å². The number of ether oxygens (including phenoxy) is 3. The van der Waals surface area contributed by atoms with E-state index in [4.69, 9.17) is 14.2 Å². The van der Waals surface area contributed by atoms with Gasteiger partial charge in [-0.1, -0.05) is 30.3 Å². The summed E-state index contributed by atoms with van der Waals surface area (Å²) in [5.74, 6) is -0.456. The van der Waals surface area contributed by atoms with Crippen LogP contribution in [0.5, 0.6) is 0 Å². The number of benzene rings is 1. The van der Waals surface area contributed by atoms with Gasteiger partial charge in [-0.2, -0.15) is 0 Å². The molecule has 4 heteroatoms. The Morgan fingerprint density at radius 1 is 1.05 bits per heavy atom. The van der Waals surface area contributed by atoms with Crippen LogP contribution in [0.25, 0.3) is 0 Å². The minimum Gasteiger partial charge on any atom is -0.363 e. The van der Waals surface area contributed by atoms with Crippen LogP contribution >= 0.6 is 0 Å². The normalized spacial score (nSPS) is 23.8. The number of aldehydes is 1. The Morgan fingerprint density at radius 2 is 1.70 bits per heavy atom. The fourth-order valence-electron chi connectivity index (χ4n) is 2.94. The van der Waals surface area contributed by atoms with E-state index in [2.05, 4.69) is 0 Å². The van der Waals surface area contributed by atoms with Crippen molar-refractivity contribution in [3.05, 3.63) is 35.9 Å². The predicted octanol–water partition coefficient (Wildman–Crippen LogP) is 2.46. The van der Waals surface area contributed by atoms with E-state index in [9.17, 15) is 4.79 Å². The van der Waals surface area contributed by atoms with Crippen molar-refractivity contribution in [3.8, 4) is 0 Å². The lowest BCUT2D eigenvalue weighted by Gasteiger charge is -2.40. The highest BCUT2D eigenvalue weighted by Crippen LogP contribution is 2.41. The van der Waals surface area contributed by atoms with Gasteiger partial charge in [0.15, 0.2) is 12.1 Å². The van der Waals surface area contributed by atoms with Crippen LogP contribution in [0, 0.1) is 0 Å². The summed E-state index contributed by atoms with van der Waals surface area (Å²) in [5, 5.41) is 0. The van der Waals surface area contributed by atoms with Gasteiger partial charge in [0.25, 0.3) is 0 Å². The van der Waals surface area contributed by atoms with Crippen molar-refractivity contribution < 1.29 is 19.0 Å². The summed E-state index contributed by atoms with van der Waals surface area (Å²) in [6, 6.07) is 9.93. The van der Waals surface area contributed by atoms with Crippen molar-refractivity contribution in [2.45, 2.75) is 43.7 Å². The quantitative estimate of drug-likeness (QED) is 0.792. The highest BCUT2D eigenvalue weighted by Gasteiger charge is 2.46. The number of rotatable bonds is 4. The minimum atomic E-state index is -0.684. The summed E-state index contributed by atoms with van der Waals surface area (Å²) in [6.07, 6.45) is 3.71. The average Bonchev–Trinajstić information content (AvgIpc) is 2.97. The Morgan fingerprint density at radius 3 is 2.30 bits per heavy atom. The molecule has 1 aliphatic heterocycles. The standard InChI is InChI=1S/C16H20O4/c17-13-15(20-12-14-4-2-1-3-5-14)6-8-16(9-7-15)18-10-11-19-16/h1-5,13H,6-12H2. The predicted molar refractivity (Wildman–Crippen MR) is 73.1 cm³/mol. The Labute approximate surface area is 119 Å². The fraction of sp³-hybridized carbons (Fsp3) is 0.562. The third-order valence-corrected chi connectivity index (χ3v) is 4.26. The molecule has 108 valence electrons. The summed E-state index contributed by atoms with van der Waals surface area (Å²) >= 11 is 0. The van der Waals surface area contributed by atoms with Crippen LogP contribution in [0.3, 0.4) is 0 Å². The Balaban J connectivity index is 1.60. The molecule has 1 saturated heterocycles. The van der Waals surface area contributed by atoms with Crippen LogP contribution in [0.1, 0.15) is 31.2 Å². The highest BCUT2D eigenvalue weighted by atomic mass is 16.7. The van der Waals surface area contributed by atoms with E-state index in [1.165, 1.54) is 0 Å². The highest BCUT2D eigenvalue weighted by molar-refractivity contribution is 5.62. The Bertz CT molecular complexity index is 441. The van der Waals surface area contributed by atoms with E-state index in [0.29, 0.717) is 32.7 Å². The summed E-state index contributed by atoms with van der Waals surface area (Å²) in [6.45, 7) is 1.77. The third kappa shape index (κ3) is 2.77. The van der Waals surface area contributed by atoms with Crippen molar-refractivity contribution in [2.75, 3.05) is 13.2 Å². The van der Waals surface area contributed by atoms with Gasteiger partial charge < -0.3 is 19.0 Å². The number of hydrogen-bond donors (Lipinski definition) is 0. The SMILES string of the molecule is O=CC1(OCc2ccccc2)CCC2(CC1)OCCO2. The van der Waals surface area contributed by atoms with Gasteiger partial charge in [-0.25, -0.2) is 0 Å². The summed E-state index contributed by atoms with van der Waals surface area (Å²) in [5.41, 5.74) is 0.401. The molecule has 20 heavy (non-hydrogen) atoms. The first-order chi connectivity index (χ1) is 9.76. The van der Waals surface area contributed by atoms with Crippen LogP contribution in [-0.2, 0) is 25.6 Å². The first-order valence-corrected chi connectivity index (χ1v) is 7.18. The van der Waals surface area contributed by atoms with Gasteiger partial charge in [0.05, 0.1) is 19.8 Å². The molecule has 1 aromatic rings. The average molecular weight is 276 g/mol. The summed E-state index contributed by atoms with van der Waals surface area (Å²) in [4.78, 5) is 11.5. The molecule has 1 aliphatic carbocycles. The van der Waals surface area contributed by atoms with Gasteiger partial charge >= 0.3 is 0 Å². The van der Waals surface area contributed by atoms with Crippen molar-refractivity contribution in [1.29, 1.82) is 0 Å². The van der Waals surface area contributed by atoms with Gasteiger partial charge in [-0.05, 0) is 18.4 Å². The summed E-state index contributed by atoms with van der Waals surface area (Å²) < 4.78 is 17.3. The zero-order valence-corrected chi connectivity index (χ0v) is 11.5. The second kappa shape index (κ2) is 5.64. The number of carbonyl (C=O) groups excluding carboxylic acids is 1. The van der Waals surface area contributed by atoms with E-state index in [0.717, 1.165) is 24.7 Å². The summed E-state index contributed by atoms with van der Waals surface area (Å²) in [7, 11) is 0. The second-order valence-electron chi connectivity index (χ2n) is 5.56. The van der Waals surface area contributed by atoms with Gasteiger partial charge in [-0.15, -0.1) is 0 Å². The molecule has 0 aromatic heterocycles. The molecule has 1 aromatic carbocycles. The molecule has 0 N–H and O–H groups in total. The van der Waals surface area contributed by atoms with E-state index in [-0.39, 0.29) is 0 Å². The smallest absolute Gasteiger partial charge is 0.168 e. The molecule has 0 amide bonds. The first-order valence-electron chi connectivity index (χ1n) is 7.18. The molecular formula is C16H20O4. The zero-order valence-electron chi connectivity index (χ0n) is 11.5. The van der Waals surface area contributed by atoms with Crippen LogP contribution in [0.2, 0.25) is 0 Å². The second-order valence-corrected chi connectivity index (χ2v) is 5.56. The monoisotopic (exact) mass is 276 g/mol. The maximum atomic E-state index is 11.5.